The van der Waals surface area contributed by atoms with E-state index in [9.17, 15) is 0 Å². The fourth-order valence-corrected chi connectivity index (χ4v) is 3.50. The lowest BCUT2D eigenvalue weighted by atomic mass is 9.77. The van der Waals surface area contributed by atoms with Crippen LogP contribution in [0.25, 0.3) is 11.3 Å². The molecule has 108 valence electrons. The predicted octanol–water partition coefficient (Wildman–Crippen LogP) is 1.66. The number of hydrogen-bond donors (Lipinski definition) is 1. The van der Waals surface area contributed by atoms with Gasteiger partial charge in [-0.25, -0.2) is 4.99 Å². The van der Waals surface area contributed by atoms with E-state index < -0.39 is 0 Å². The summed E-state index contributed by atoms with van der Waals surface area (Å²) in [6, 6.07) is 8.88. The minimum atomic E-state index is -0.151. The van der Waals surface area contributed by atoms with Gasteiger partial charge in [-0.15, -0.1) is 0 Å². The van der Waals surface area contributed by atoms with Crippen molar-refractivity contribution in [1.29, 1.82) is 0 Å². The van der Waals surface area contributed by atoms with E-state index in [0.29, 0.717) is 12.6 Å². The highest BCUT2D eigenvalue weighted by Gasteiger charge is 2.39. The maximum absolute atomic E-state index is 5.70. The third kappa shape index (κ3) is 1.92. The third-order valence-electron chi connectivity index (χ3n) is 4.57. The summed E-state index contributed by atoms with van der Waals surface area (Å²) in [6.45, 7) is 0.605. The Hall–Kier alpha value is -2.30. The van der Waals surface area contributed by atoms with Gasteiger partial charge in [-0.1, -0.05) is 18.2 Å². The quantitative estimate of drug-likeness (QED) is 0.865. The van der Waals surface area contributed by atoms with Crippen molar-refractivity contribution in [2.75, 3.05) is 6.61 Å². The molecule has 1 spiro atoms. The van der Waals surface area contributed by atoms with Gasteiger partial charge in [0.15, 0.2) is 0 Å². The lowest BCUT2D eigenvalue weighted by molar-refractivity contribution is 0.235. The van der Waals surface area contributed by atoms with Crippen molar-refractivity contribution in [3.63, 3.8) is 0 Å². The normalized spacial score (nSPS) is 23.8. The first-order valence-corrected chi connectivity index (χ1v) is 7.24. The molecule has 2 aliphatic rings. The molecule has 1 atom stereocenters. The lowest BCUT2D eigenvalue weighted by Crippen LogP contribution is -2.35. The number of nitrogens with two attached hydrogens (primary N) is 1. The van der Waals surface area contributed by atoms with E-state index in [4.69, 9.17) is 10.5 Å². The van der Waals surface area contributed by atoms with Gasteiger partial charge in [-0.3, -0.25) is 4.68 Å². The molecule has 2 aromatic rings. The van der Waals surface area contributed by atoms with Crippen LogP contribution >= 0.6 is 0 Å². The zero-order chi connectivity index (χ0) is 14.4. The maximum atomic E-state index is 5.70. The Morgan fingerprint density at radius 1 is 1.33 bits per heavy atom. The molecular formula is C16H18N4O. The van der Waals surface area contributed by atoms with E-state index in [1.807, 2.05) is 17.9 Å². The molecule has 0 radical (unpaired) electrons. The van der Waals surface area contributed by atoms with Crippen LogP contribution in [0.5, 0.6) is 0 Å². The third-order valence-corrected chi connectivity index (χ3v) is 4.57. The average molecular weight is 282 g/mol. The Morgan fingerprint density at radius 2 is 2.24 bits per heavy atom. The number of amidine groups is 1. The lowest BCUT2D eigenvalue weighted by Gasteiger charge is -2.31. The van der Waals surface area contributed by atoms with Crippen LogP contribution in [0.15, 0.2) is 35.5 Å². The van der Waals surface area contributed by atoms with Crippen molar-refractivity contribution in [2.24, 2.45) is 17.8 Å². The number of nitrogens with zero attached hydrogens (tertiary/aromatic N) is 3. The second-order valence-corrected chi connectivity index (χ2v) is 5.92. The largest absolute Gasteiger partial charge is 0.463 e. The number of aliphatic imine (C=N–C) groups is 1. The van der Waals surface area contributed by atoms with Crippen molar-refractivity contribution in [2.45, 2.75) is 24.8 Å². The highest BCUT2D eigenvalue weighted by molar-refractivity contribution is 5.74. The van der Waals surface area contributed by atoms with Gasteiger partial charge in [0.25, 0.3) is 6.02 Å². The molecule has 1 aliphatic carbocycles. The van der Waals surface area contributed by atoms with Crippen LogP contribution < -0.4 is 5.73 Å². The molecule has 0 saturated carbocycles. The molecular weight excluding hydrogens is 264 g/mol. The van der Waals surface area contributed by atoms with Gasteiger partial charge in [-0.05, 0) is 30.0 Å². The molecule has 1 aromatic heterocycles. The number of rotatable bonds is 1. The summed E-state index contributed by atoms with van der Waals surface area (Å²) in [5.74, 6) is 0. The van der Waals surface area contributed by atoms with Crippen LogP contribution in [0.3, 0.4) is 0 Å². The van der Waals surface area contributed by atoms with Crippen molar-refractivity contribution in [3.05, 3.63) is 41.6 Å². The van der Waals surface area contributed by atoms with Crippen molar-refractivity contribution in [1.82, 2.24) is 9.78 Å². The Balaban J connectivity index is 1.77. The molecule has 1 aromatic carbocycles. The second-order valence-electron chi connectivity index (χ2n) is 5.92. The van der Waals surface area contributed by atoms with Gasteiger partial charge in [0.1, 0.15) is 12.1 Å². The van der Waals surface area contributed by atoms with E-state index in [1.165, 1.54) is 16.7 Å². The minimum absolute atomic E-state index is 0.151. The van der Waals surface area contributed by atoms with Gasteiger partial charge in [0, 0.05) is 25.2 Å². The Labute approximate surface area is 123 Å². The summed E-state index contributed by atoms with van der Waals surface area (Å²) >= 11 is 0. The monoisotopic (exact) mass is 282 g/mol. The minimum Gasteiger partial charge on any atom is -0.463 e. The van der Waals surface area contributed by atoms with Gasteiger partial charge >= 0.3 is 0 Å². The standard InChI is InChI=1S/C16H18N4O/c1-20-14(6-8-18-20)13-4-2-3-11-9-16(7-5-12(11)13)10-21-15(17)19-16/h2-4,6,8H,5,7,9-10H2,1H3,(H2,17,19). The SMILES string of the molecule is Cn1nccc1-c1cccc2c1CCC1(COC(N)=N1)C2. The summed E-state index contributed by atoms with van der Waals surface area (Å²) in [7, 11) is 1.98. The molecule has 2 N–H and O–H groups in total. The van der Waals surface area contributed by atoms with Crippen LogP contribution in [0.2, 0.25) is 0 Å². The van der Waals surface area contributed by atoms with Crippen LogP contribution in [-0.2, 0) is 24.6 Å². The molecule has 21 heavy (non-hydrogen) atoms. The molecule has 0 fully saturated rings. The van der Waals surface area contributed by atoms with E-state index in [-0.39, 0.29) is 5.54 Å². The molecule has 4 rings (SSSR count). The van der Waals surface area contributed by atoms with Crippen LogP contribution in [0, 0.1) is 0 Å². The zero-order valence-electron chi connectivity index (χ0n) is 12.0. The van der Waals surface area contributed by atoms with Crippen LogP contribution in [0.4, 0.5) is 0 Å². The number of aryl methyl sites for hydroxylation is 1. The van der Waals surface area contributed by atoms with E-state index in [2.05, 4.69) is 34.4 Å². The second kappa shape index (κ2) is 4.35. The summed E-state index contributed by atoms with van der Waals surface area (Å²) < 4.78 is 7.32. The van der Waals surface area contributed by atoms with Crippen molar-refractivity contribution in [3.8, 4) is 11.3 Å². The Morgan fingerprint density at radius 3 is 2.95 bits per heavy atom. The summed E-state index contributed by atoms with van der Waals surface area (Å²) in [6.07, 6.45) is 4.72. The molecule has 5 nitrogen and oxygen atoms in total. The zero-order valence-corrected chi connectivity index (χ0v) is 12.0. The van der Waals surface area contributed by atoms with Crippen molar-refractivity contribution < 1.29 is 4.74 Å². The molecule has 0 saturated heterocycles. The highest BCUT2D eigenvalue weighted by Crippen LogP contribution is 2.38. The number of fused-ring (bicyclic) bond motifs is 1. The number of aromatic nitrogens is 2. The van der Waals surface area contributed by atoms with Gasteiger partial charge < -0.3 is 10.5 Å². The number of ether oxygens (including phenoxy) is 1. The van der Waals surface area contributed by atoms with E-state index >= 15 is 0 Å². The molecule has 0 amide bonds. The first kappa shape index (κ1) is 12.4. The van der Waals surface area contributed by atoms with E-state index in [1.54, 1.807) is 0 Å². The smallest absolute Gasteiger partial charge is 0.282 e. The summed E-state index contributed by atoms with van der Waals surface area (Å²) in [5, 5.41) is 4.28. The maximum Gasteiger partial charge on any atom is 0.282 e. The molecule has 1 unspecified atom stereocenters. The Bertz CT molecular complexity index is 734. The van der Waals surface area contributed by atoms with Crippen LogP contribution in [0.1, 0.15) is 17.5 Å². The molecule has 0 bridgehead atoms. The highest BCUT2D eigenvalue weighted by atomic mass is 16.5. The summed E-state index contributed by atoms with van der Waals surface area (Å²) in [4.78, 5) is 4.54. The van der Waals surface area contributed by atoms with E-state index in [0.717, 1.165) is 25.0 Å². The first-order valence-electron chi connectivity index (χ1n) is 7.24. The van der Waals surface area contributed by atoms with Gasteiger partial charge in [-0.2, -0.15) is 5.10 Å². The van der Waals surface area contributed by atoms with Crippen molar-refractivity contribution >= 4 is 6.02 Å². The number of benzene rings is 1. The fraction of sp³-hybridized carbons (Fsp3) is 0.375. The first-order chi connectivity index (χ1) is 10.2. The molecule has 5 heteroatoms. The van der Waals surface area contributed by atoms with Gasteiger partial charge in [0.2, 0.25) is 0 Å². The summed E-state index contributed by atoms with van der Waals surface area (Å²) in [5.41, 5.74) is 10.7. The number of hydrogen-bond acceptors (Lipinski definition) is 4. The van der Waals surface area contributed by atoms with Crippen LogP contribution in [-0.4, -0.2) is 27.9 Å². The fourth-order valence-electron chi connectivity index (χ4n) is 3.50. The predicted molar refractivity (Wildman–Crippen MR) is 81.0 cm³/mol. The molecule has 2 heterocycles. The Kier molecular flexibility index (Phi) is 2.58. The average Bonchev–Trinajstić information content (AvgIpc) is 3.05. The topological polar surface area (TPSA) is 65.4 Å². The van der Waals surface area contributed by atoms with Gasteiger partial charge in [0.05, 0.1) is 5.69 Å². The molecule has 1 aliphatic heterocycles.